The van der Waals surface area contributed by atoms with Crippen LogP contribution in [0.4, 0.5) is 17.1 Å². The van der Waals surface area contributed by atoms with Crippen LogP contribution in [0.1, 0.15) is 0 Å². The Labute approximate surface area is 174 Å². The van der Waals surface area contributed by atoms with Crippen molar-refractivity contribution in [3.63, 3.8) is 0 Å². The fraction of sp³-hybridized carbons (Fsp3) is 0.250. The molecule has 28 heavy (non-hydrogen) atoms. The molecule has 0 amide bonds. The molecule has 0 fully saturated rings. The van der Waals surface area contributed by atoms with Gasteiger partial charge in [-0.15, -0.1) is 0 Å². The number of para-hydroxylation sites is 3. The fourth-order valence-electron chi connectivity index (χ4n) is 3.66. The van der Waals surface area contributed by atoms with Crippen molar-refractivity contribution in [2.45, 2.75) is 0 Å². The van der Waals surface area contributed by atoms with Crippen LogP contribution in [0, 0.1) is 0 Å². The third-order valence-electron chi connectivity index (χ3n) is 4.97. The number of hydrogen-bond donors (Lipinski definition) is 0. The van der Waals surface area contributed by atoms with Gasteiger partial charge in [-0.1, -0.05) is 0 Å². The molecule has 145 valence electrons. The Bertz CT molecular complexity index is 812. The zero-order chi connectivity index (χ0) is 20.3. The second-order valence-electron chi connectivity index (χ2n) is 7.61. The fourth-order valence-corrected chi connectivity index (χ4v) is 10.7. The molecule has 1 radical (unpaired) electrons. The quantitative estimate of drug-likeness (QED) is 0.554. The minimum atomic E-state index is -2.09. The van der Waals surface area contributed by atoms with Crippen molar-refractivity contribution in [3.8, 4) is 0 Å². The van der Waals surface area contributed by atoms with Crippen molar-refractivity contribution in [1.82, 2.24) is 0 Å². The zero-order valence-electron chi connectivity index (χ0n) is 17.8. The summed E-state index contributed by atoms with van der Waals surface area (Å²) in [6.45, 7) is 0. The van der Waals surface area contributed by atoms with Crippen LogP contribution < -0.4 is 27.9 Å². The third-order valence-corrected chi connectivity index (χ3v) is 11.0. The molecule has 3 aromatic carbocycles. The molecule has 0 aliphatic carbocycles. The normalized spacial score (nSPS) is 10.8. The number of benzene rings is 3. The molecule has 3 rings (SSSR count). The molecule has 0 atom stereocenters. The summed E-state index contributed by atoms with van der Waals surface area (Å²) in [6.07, 6.45) is 0. The molecule has 0 saturated heterocycles. The molecular weight excluding hydrogens is 403 g/mol. The Kier molecular flexibility index (Phi) is 6.35. The predicted molar refractivity (Wildman–Crippen MR) is 127 cm³/mol. The molecule has 3 nitrogen and oxygen atoms in total. The van der Waals surface area contributed by atoms with E-state index in [0.29, 0.717) is 0 Å². The Morgan fingerprint density at radius 2 is 0.679 bits per heavy atom. The summed E-state index contributed by atoms with van der Waals surface area (Å²) in [5.74, 6) is 0. The number of nitrogens with zero attached hydrogens (tertiary/aromatic N) is 3. The first kappa shape index (κ1) is 20.3. The summed E-state index contributed by atoms with van der Waals surface area (Å²) in [5, 5.41) is 0. The second kappa shape index (κ2) is 8.74. The summed E-state index contributed by atoms with van der Waals surface area (Å²) in [5.41, 5.74) is 3.96. The van der Waals surface area contributed by atoms with Gasteiger partial charge in [0.25, 0.3) is 0 Å². The molecular formula is C24H30GeN3. The van der Waals surface area contributed by atoms with Crippen molar-refractivity contribution >= 4 is 44.6 Å². The summed E-state index contributed by atoms with van der Waals surface area (Å²) in [6, 6.07) is 26.7. The van der Waals surface area contributed by atoms with Crippen LogP contribution in [0.25, 0.3) is 0 Å². The molecule has 4 heteroatoms. The van der Waals surface area contributed by atoms with Gasteiger partial charge in [-0.25, -0.2) is 0 Å². The summed E-state index contributed by atoms with van der Waals surface area (Å²) < 4.78 is 4.45. The number of rotatable bonds is 6. The summed E-state index contributed by atoms with van der Waals surface area (Å²) >= 11 is -2.09. The monoisotopic (exact) mass is 434 g/mol. The van der Waals surface area contributed by atoms with Gasteiger partial charge < -0.3 is 0 Å². The van der Waals surface area contributed by atoms with E-state index in [0.717, 1.165) is 0 Å². The third kappa shape index (κ3) is 4.04. The number of anilines is 3. The molecule has 3 aromatic rings. The molecule has 0 N–H and O–H groups in total. The van der Waals surface area contributed by atoms with E-state index >= 15 is 0 Å². The zero-order valence-corrected chi connectivity index (χ0v) is 19.9. The van der Waals surface area contributed by atoms with Crippen molar-refractivity contribution in [3.05, 3.63) is 72.8 Å². The Balaban J connectivity index is 2.35. The van der Waals surface area contributed by atoms with Gasteiger partial charge in [-0.05, 0) is 0 Å². The minimum absolute atomic E-state index is 1.32. The molecule has 0 aromatic heterocycles. The molecule has 0 aliphatic heterocycles. The van der Waals surface area contributed by atoms with Crippen molar-refractivity contribution in [2.75, 3.05) is 57.0 Å². The van der Waals surface area contributed by atoms with Crippen molar-refractivity contribution in [2.24, 2.45) is 0 Å². The Morgan fingerprint density at radius 3 is 0.929 bits per heavy atom. The van der Waals surface area contributed by atoms with Crippen LogP contribution >= 0.6 is 0 Å². The van der Waals surface area contributed by atoms with E-state index < -0.39 is 14.3 Å². The molecule has 0 spiro atoms. The first-order chi connectivity index (χ1) is 13.4. The molecule has 0 heterocycles. The van der Waals surface area contributed by atoms with E-state index in [1.54, 1.807) is 0 Å². The average Bonchev–Trinajstić information content (AvgIpc) is 2.69. The first-order valence-electron chi connectivity index (χ1n) is 9.59. The van der Waals surface area contributed by atoms with Gasteiger partial charge in [0.15, 0.2) is 0 Å². The van der Waals surface area contributed by atoms with Crippen LogP contribution in [-0.2, 0) is 0 Å². The van der Waals surface area contributed by atoms with Gasteiger partial charge in [-0.2, -0.15) is 0 Å². The predicted octanol–water partition coefficient (Wildman–Crippen LogP) is 2.40. The molecule has 0 saturated carbocycles. The summed E-state index contributed by atoms with van der Waals surface area (Å²) in [7, 11) is 12.9. The second-order valence-corrected chi connectivity index (χ2v) is 12.6. The van der Waals surface area contributed by atoms with Crippen LogP contribution in [-0.4, -0.2) is 56.6 Å². The van der Waals surface area contributed by atoms with E-state index in [1.165, 1.54) is 30.2 Å². The van der Waals surface area contributed by atoms with E-state index in [9.17, 15) is 0 Å². The van der Waals surface area contributed by atoms with Gasteiger partial charge in [-0.3, -0.25) is 0 Å². The van der Waals surface area contributed by atoms with Gasteiger partial charge in [0, 0.05) is 0 Å². The van der Waals surface area contributed by atoms with Crippen LogP contribution in [0.3, 0.4) is 0 Å². The average molecular weight is 433 g/mol. The molecule has 0 bridgehead atoms. The van der Waals surface area contributed by atoms with E-state index in [4.69, 9.17) is 0 Å². The van der Waals surface area contributed by atoms with Crippen LogP contribution in [0.5, 0.6) is 0 Å². The van der Waals surface area contributed by atoms with Crippen molar-refractivity contribution < 1.29 is 0 Å². The van der Waals surface area contributed by atoms with E-state index in [2.05, 4.69) is 130 Å². The van der Waals surface area contributed by atoms with Gasteiger partial charge in [0.05, 0.1) is 0 Å². The van der Waals surface area contributed by atoms with E-state index in [-0.39, 0.29) is 0 Å². The van der Waals surface area contributed by atoms with Crippen LogP contribution in [0.15, 0.2) is 72.8 Å². The maximum absolute atomic E-state index is 2.34. The SMILES string of the molecule is CN(C)c1cccc[c]1[Ge]([c]1ccccc1N(C)C)[c]1ccccc1N(C)C. The van der Waals surface area contributed by atoms with Gasteiger partial charge in [0.1, 0.15) is 0 Å². The van der Waals surface area contributed by atoms with Gasteiger partial charge >= 0.3 is 174 Å². The molecule has 0 aliphatic rings. The Hall–Kier alpha value is -2.40. The molecule has 0 unspecified atom stereocenters. The maximum atomic E-state index is 2.34. The first-order valence-corrected chi connectivity index (χ1v) is 12.7. The standard InChI is InChI=1S/C24H30GeN3/c1-26(2)22-16-10-7-13-19(22)25(20-14-8-11-17-23(20)27(3)4)21-15-9-12-18-24(21)28(5)6/h7-18H,1-6H3. The summed E-state index contributed by atoms with van der Waals surface area (Å²) in [4.78, 5) is 6.75. The van der Waals surface area contributed by atoms with E-state index in [1.807, 2.05) is 0 Å². The number of hydrogen-bond acceptors (Lipinski definition) is 3. The van der Waals surface area contributed by atoms with Gasteiger partial charge in [0.2, 0.25) is 0 Å². The Morgan fingerprint density at radius 1 is 0.429 bits per heavy atom. The topological polar surface area (TPSA) is 9.72 Å². The van der Waals surface area contributed by atoms with Crippen LogP contribution in [0.2, 0.25) is 0 Å². The van der Waals surface area contributed by atoms with Crippen molar-refractivity contribution in [1.29, 1.82) is 0 Å².